The summed E-state index contributed by atoms with van der Waals surface area (Å²) in [5, 5.41) is 14.5. The standard InChI is InChI=1S/C19H21ClN4O3/c1-11-21-17(22-24(11)15-9-5-3-7-13(15)20)18(25)23-14-8-4-2-6-12(14)10-16(23)19(26)27/h3,5,7,9,12,14,16H,2,4,6,8,10H2,1H3,(H,26,27)/t12-,14+,16+/m1/s1. The Balaban J connectivity index is 1.69. The van der Waals surface area contributed by atoms with Gasteiger partial charge in [-0.2, -0.15) is 0 Å². The Kier molecular flexibility index (Phi) is 4.63. The molecule has 2 fully saturated rings. The molecule has 0 unspecified atom stereocenters. The number of fused-ring (bicyclic) bond motifs is 1. The van der Waals surface area contributed by atoms with Crippen molar-refractivity contribution in [1.82, 2.24) is 19.7 Å². The van der Waals surface area contributed by atoms with Gasteiger partial charge in [0.05, 0.1) is 10.7 Å². The van der Waals surface area contributed by atoms with Crippen molar-refractivity contribution in [3.05, 3.63) is 40.9 Å². The first-order valence-electron chi connectivity index (χ1n) is 9.21. The van der Waals surface area contributed by atoms with Gasteiger partial charge >= 0.3 is 5.97 Å². The maximum Gasteiger partial charge on any atom is 0.326 e. The highest BCUT2D eigenvalue weighted by Gasteiger charge is 2.48. The molecule has 2 aliphatic rings. The largest absolute Gasteiger partial charge is 0.480 e. The van der Waals surface area contributed by atoms with Gasteiger partial charge in [0, 0.05) is 6.04 Å². The van der Waals surface area contributed by atoms with Crippen molar-refractivity contribution < 1.29 is 14.7 Å². The highest BCUT2D eigenvalue weighted by molar-refractivity contribution is 6.32. The van der Waals surface area contributed by atoms with E-state index in [9.17, 15) is 14.7 Å². The molecule has 2 aromatic rings. The minimum Gasteiger partial charge on any atom is -0.480 e. The SMILES string of the molecule is Cc1nc(C(=O)N2[C@H](C(=O)O)C[C@H]3CCCC[C@@H]32)nn1-c1ccccc1Cl. The maximum atomic E-state index is 13.2. The Morgan fingerprint density at radius 3 is 2.70 bits per heavy atom. The van der Waals surface area contributed by atoms with Gasteiger partial charge in [0.25, 0.3) is 5.91 Å². The number of benzene rings is 1. The van der Waals surface area contributed by atoms with Crippen molar-refractivity contribution in [3.63, 3.8) is 0 Å². The molecule has 27 heavy (non-hydrogen) atoms. The quantitative estimate of drug-likeness (QED) is 0.872. The first kappa shape index (κ1) is 18.0. The number of carbonyl (C=O) groups excluding carboxylic acids is 1. The summed E-state index contributed by atoms with van der Waals surface area (Å²) in [6.45, 7) is 1.75. The number of aromatic nitrogens is 3. The van der Waals surface area contributed by atoms with E-state index >= 15 is 0 Å². The van der Waals surface area contributed by atoms with Crippen molar-refractivity contribution >= 4 is 23.5 Å². The molecule has 2 heterocycles. The van der Waals surface area contributed by atoms with E-state index in [-0.39, 0.29) is 17.8 Å². The summed E-state index contributed by atoms with van der Waals surface area (Å²) in [5.41, 5.74) is 0.634. The summed E-state index contributed by atoms with van der Waals surface area (Å²) in [6.07, 6.45) is 4.42. The van der Waals surface area contributed by atoms with Gasteiger partial charge in [-0.3, -0.25) is 4.79 Å². The second-order valence-electron chi connectivity index (χ2n) is 7.26. The van der Waals surface area contributed by atoms with Crippen LogP contribution in [-0.4, -0.2) is 48.7 Å². The molecular weight excluding hydrogens is 368 g/mol. The van der Waals surface area contributed by atoms with Crippen LogP contribution in [0.15, 0.2) is 24.3 Å². The van der Waals surface area contributed by atoms with Gasteiger partial charge < -0.3 is 10.0 Å². The molecule has 142 valence electrons. The Bertz CT molecular complexity index is 897. The van der Waals surface area contributed by atoms with E-state index in [0.29, 0.717) is 23.0 Å². The van der Waals surface area contributed by atoms with E-state index in [2.05, 4.69) is 10.1 Å². The summed E-state index contributed by atoms with van der Waals surface area (Å²) in [4.78, 5) is 30.8. The second-order valence-corrected chi connectivity index (χ2v) is 7.67. The van der Waals surface area contributed by atoms with E-state index in [1.54, 1.807) is 19.1 Å². The number of aryl methyl sites for hydroxylation is 1. The second kappa shape index (κ2) is 6.96. The minimum atomic E-state index is -0.958. The first-order valence-corrected chi connectivity index (χ1v) is 9.59. The molecule has 1 aliphatic heterocycles. The van der Waals surface area contributed by atoms with Crippen LogP contribution < -0.4 is 0 Å². The van der Waals surface area contributed by atoms with E-state index in [1.807, 2.05) is 12.1 Å². The molecule has 1 saturated carbocycles. The molecule has 1 aromatic heterocycles. The number of hydrogen-bond acceptors (Lipinski definition) is 4. The topological polar surface area (TPSA) is 88.3 Å². The van der Waals surface area contributed by atoms with Crippen molar-refractivity contribution in [1.29, 1.82) is 0 Å². The van der Waals surface area contributed by atoms with Gasteiger partial charge in [-0.15, -0.1) is 5.10 Å². The van der Waals surface area contributed by atoms with Crippen molar-refractivity contribution in [2.75, 3.05) is 0 Å². The average Bonchev–Trinajstić information content (AvgIpc) is 3.22. The van der Waals surface area contributed by atoms with Gasteiger partial charge in [0.15, 0.2) is 0 Å². The number of nitrogens with zero attached hydrogens (tertiary/aromatic N) is 4. The van der Waals surface area contributed by atoms with Crippen LogP contribution in [-0.2, 0) is 4.79 Å². The molecule has 1 amide bonds. The fraction of sp³-hybridized carbons (Fsp3) is 0.474. The number of carboxylic acid groups (broad SMARTS) is 1. The van der Waals surface area contributed by atoms with Crippen LogP contribution in [0.5, 0.6) is 0 Å². The van der Waals surface area contributed by atoms with Crippen LogP contribution in [0.3, 0.4) is 0 Å². The van der Waals surface area contributed by atoms with Crippen molar-refractivity contribution in [2.24, 2.45) is 5.92 Å². The summed E-state index contributed by atoms with van der Waals surface area (Å²) in [5.74, 6) is -0.580. The van der Waals surface area contributed by atoms with Crippen LogP contribution in [0.4, 0.5) is 0 Å². The Morgan fingerprint density at radius 2 is 1.96 bits per heavy atom. The zero-order valence-corrected chi connectivity index (χ0v) is 15.8. The molecule has 1 aliphatic carbocycles. The Morgan fingerprint density at radius 1 is 1.22 bits per heavy atom. The molecule has 4 rings (SSSR count). The highest BCUT2D eigenvalue weighted by atomic mass is 35.5. The van der Waals surface area contributed by atoms with Crippen molar-refractivity contribution in [3.8, 4) is 5.69 Å². The molecule has 0 bridgehead atoms. The zero-order chi connectivity index (χ0) is 19.1. The number of halogens is 1. The molecule has 1 aromatic carbocycles. The van der Waals surface area contributed by atoms with Crippen molar-refractivity contribution in [2.45, 2.75) is 51.1 Å². The average molecular weight is 389 g/mol. The summed E-state index contributed by atoms with van der Waals surface area (Å²) >= 11 is 6.24. The molecule has 7 nitrogen and oxygen atoms in total. The van der Waals surface area contributed by atoms with E-state index in [1.165, 1.54) is 9.58 Å². The summed E-state index contributed by atoms with van der Waals surface area (Å²) in [6, 6.07) is 6.34. The lowest BCUT2D eigenvalue weighted by Gasteiger charge is -2.32. The molecule has 1 N–H and O–H groups in total. The maximum absolute atomic E-state index is 13.2. The van der Waals surface area contributed by atoms with E-state index in [0.717, 1.165) is 25.7 Å². The molecule has 0 spiro atoms. The number of amides is 1. The zero-order valence-electron chi connectivity index (χ0n) is 15.0. The molecule has 8 heteroatoms. The van der Waals surface area contributed by atoms with Gasteiger partial charge in [-0.25, -0.2) is 14.5 Å². The smallest absolute Gasteiger partial charge is 0.326 e. The van der Waals surface area contributed by atoms with Crippen LogP contribution in [0.1, 0.15) is 48.5 Å². The highest BCUT2D eigenvalue weighted by Crippen LogP contribution is 2.40. The molecule has 3 atom stereocenters. The van der Waals surface area contributed by atoms with Gasteiger partial charge in [0.2, 0.25) is 5.82 Å². The van der Waals surface area contributed by atoms with Crippen LogP contribution in [0.2, 0.25) is 5.02 Å². The fourth-order valence-electron chi connectivity index (χ4n) is 4.42. The van der Waals surface area contributed by atoms with E-state index < -0.39 is 17.9 Å². The van der Waals surface area contributed by atoms with E-state index in [4.69, 9.17) is 11.6 Å². The fourth-order valence-corrected chi connectivity index (χ4v) is 4.64. The van der Waals surface area contributed by atoms with Gasteiger partial charge in [0.1, 0.15) is 11.9 Å². The molecule has 0 radical (unpaired) electrons. The monoisotopic (exact) mass is 388 g/mol. The summed E-state index contributed by atoms with van der Waals surface area (Å²) < 4.78 is 1.53. The summed E-state index contributed by atoms with van der Waals surface area (Å²) in [7, 11) is 0. The van der Waals surface area contributed by atoms with Crippen LogP contribution in [0.25, 0.3) is 5.69 Å². The lowest BCUT2D eigenvalue weighted by molar-refractivity contribution is -0.141. The minimum absolute atomic E-state index is 0.0184. The third-order valence-electron chi connectivity index (χ3n) is 5.65. The van der Waals surface area contributed by atoms with Crippen LogP contribution >= 0.6 is 11.6 Å². The Hall–Kier alpha value is -2.41. The predicted molar refractivity (Wildman–Crippen MR) is 99.1 cm³/mol. The number of carbonyl (C=O) groups is 2. The number of para-hydroxylation sites is 1. The lowest BCUT2D eigenvalue weighted by atomic mass is 9.85. The molecular formula is C19H21ClN4O3. The third-order valence-corrected chi connectivity index (χ3v) is 5.97. The number of likely N-dealkylation sites (tertiary alicyclic amines) is 1. The van der Waals surface area contributed by atoms with Gasteiger partial charge in [-0.05, 0) is 44.2 Å². The van der Waals surface area contributed by atoms with Gasteiger partial charge in [-0.1, -0.05) is 36.6 Å². The normalized spacial score (nSPS) is 24.7. The van der Waals surface area contributed by atoms with Crippen LogP contribution in [0, 0.1) is 12.8 Å². The lowest BCUT2D eigenvalue weighted by Crippen LogP contribution is -2.46. The number of rotatable bonds is 3. The predicted octanol–water partition coefficient (Wildman–Crippen LogP) is 3.09. The Labute approximate surface area is 161 Å². The third kappa shape index (κ3) is 3.10. The number of carboxylic acids is 1. The number of aliphatic carboxylic acids is 1. The molecule has 1 saturated heterocycles. The first-order chi connectivity index (χ1) is 13.0. The number of hydrogen-bond donors (Lipinski definition) is 1.